The Labute approximate surface area is 218 Å². The zero-order valence-corrected chi connectivity index (χ0v) is 21.5. The maximum absolute atomic E-state index is 13.1. The maximum atomic E-state index is 13.1. The van der Waals surface area contributed by atoms with Gasteiger partial charge in [0.05, 0.1) is 23.7 Å². The molecule has 3 aromatic carbocycles. The Bertz CT molecular complexity index is 1330. The van der Waals surface area contributed by atoms with Crippen LogP contribution in [-0.2, 0) is 24.3 Å². The SMILES string of the molecule is COc1ccccc1C(=O)NCCCCCc1nc2ccccc2n1CC(=O)N(C)Cc1ccccc1. The molecule has 1 aromatic heterocycles. The van der Waals surface area contributed by atoms with Crippen molar-refractivity contribution in [3.05, 3.63) is 95.8 Å². The molecule has 7 heteroatoms. The van der Waals surface area contributed by atoms with Crippen molar-refractivity contribution in [2.24, 2.45) is 0 Å². The lowest BCUT2D eigenvalue weighted by atomic mass is 10.1. The molecule has 2 amide bonds. The van der Waals surface area contributed by atoms with Gasteiger partial charge in [0.25, 0.3) is 5.91 Å². The molecule has 192 valence electrons. The van der Waals surface area contributed by atoms with Gasteiger partial charge in [-0.2, -0.15) is 0 Å². The molecule has 0 aliphatic heterocycles. The zero-order chi connectivity index (χ0) is 26.0. The minimum atomic E-state index is -0.127. The molecule has 4 rings (SSSR count). The summed E-state index contributed by atoms with van der Waals surface area (Å²) in [5.41, 5.74) is 3.52. The minimum Gasteiger partial charge on any atom is -0.496 e. The molecular formula is C30H34N4O3. The number of unbranched alkanes of at least 4 members (excludes halogenated alkanes) is 2. The average molecular weight is 499 g/mol. The van der Waals surface area contributed by atoms with Crippen LogP contribution in [0.2, 0.25) is 0 Å². The minimum absolute atomic E-state index is 0.0484. The van der Waals surface area contributed by atoms with E-state index in [-0.39, 0.29) is 18.4 Å². The van der Waals surface area contributed by atoms with Crippen LogP contribution in [0.5, 0.6) is 5.75 Å². The number of nitrogens with one attached hydrogen (secondary N) is 1. The third-order valence-electron chi connectivity index (χ3n) is 6.43. The zero-order valence-electron chi connectivity index (χ0n) is 21.5. The molecule has 4 aromatic rings. The Morgan fingerprint density at radius 3 is 2.46 bits per heavy atom. The van der Waals surface area contributed by atoms with E-state index in [0.29, 0.717) is 24.4 Å². The number of ether oxygens (including phenoxy) is 1. The van der Waals surface area contributed by atoms with E-state index in [9.17, 15) is 9.59 Å². The van der Waals surface area contributed by atoms with Crippen LogP contribution in [0.3, 0.4) is 0 Å². The normalized spacial score (nSPS) is 10.9. The monoisotopic (exact) mass is 498 g/mol. The number of methoxy groups -OCH3 is 1. The highest BCUT2D eigenvalue weighted by Crippen LogP contribution is 2.19. The number of likely N-dealkylation sites (N-methyl/N-ethyl adjacent to an activating group) is 1. The van der Waals surface area contributed by atoms with Gasteiger partial charge < -0.3 is 19.5 Å². The summed E-state index contributed by atoms with van der Waals surface area (Å²) in [6.45, 7) is 1.42. The van der Waals surface area contributed by atoms with Crippen molar-refractivity contribution in [2.75, 3.05) is 20.7 Å². The first-order chi connectivity index (χ1) is 18.1. The van der Waals surface area contributed by atoms with Crippen molar-refractivity contribution in [3.8, 4) is 5.75 Å². The predicted octanol–water partition coefficient (Wildman–Crippen LogP) is 4.85. The molecule has 0 unspecified atom stereocenters. The first-order valence-electron chi connectivity index (χ1n) is 12.7. The molecule has 0 spiro atoms. The van der Waals surface area contributed by atoms with Crippen LogP contribution in [0, 0.1) is 0 Å². The van der Waals surface area contributed by atoms with Gasteiger partial charge in [-0.1, -0.05) is 61.0 Å². The molecule has 7 nitrogen and oxygen atoms in total. The predicted molar refractivity (Wildman–Crippen MR) is 146 cm³/mol. The number of benzene rings is 3. The number of rotatable bonds is 12. The topological polar surface area (TPSA) is 76.5 Å². The Kier molecular flexibility index (Phi) is 8.92. The van der Waals surface area contributed by atoms with Crippen molar-refractivity contribution in [1.82, 2.24) is 19.8 Å². The highest BCUT2D eigenvalue weighted by atomic mass is 16.5. The number of hydrogen-bond acceptors (Lipinski definition) is 4. The van der Waals surface area contributed by atoms with Gasteiger partial charge in [-0.05, 0) is 42.7 Å². The number of carbonyl (C=O) groups is 2. The van der Waals surface area contributed by atoms with Crippen LogP contribution in [0.4, 0.5) is 0 Å². The lowest BCUT2D eigenvalue weighted by Gasteiger charge is -2.19. The number of para-hydroxylation sites is 3. The van der Waals surface area contributed by atoms with Crippen LogP contribution in [0.15, 0.2) is 78.9 Å². The largest absolute Gasteiger partial charge is 0.496 e. The molecule has 1 heterocycles. The second-order valence-electron chi connectivity index (χ2n) is 9.11. The summed E-state index contributed by atoms with van der Waals surface area (Å²) in [4.78, 5) is 32.1. The molecule has 0 saturated heterocycles. The van der Waals surface area contributed by atoms with Gasteiger partial charge in [0.1, 0.15) is 18.1 Å². The van der Waals surface area contributed by atoms with Crippen molar-refractivity contribution < 1.29 is 14.3 Å². The Morgan fingerprint density at radius 2 is 1.65 bits per heavy atom. The number of carbonyl (C=O) groups excluding carboxylic acids is 2. The number of nitrogens with zero attached hydrogens (tertiary/aromatic N) is 3. The smallest absolute Gasteiger partial charge is 0.255 e. The highest BCUT2D eigenvalue weighted by molar-refractivity contribution is 5.96. The van der Waals surface area contributed by atoms with Crippen LogP contribution in [0.25, 0.3) is 11.0 Å². The van der Waals surface area contributed by atoms with E-state index in [1.807, 2.05) is 78.3 Å². The van der Waals surface area contributed by atoms with E-state index in [0.717, 1.165) is 48.1 Å². The lowest BCUT2D eigenvalue weighted by Crippen LogP contribution is -2.30. The molecule has 0 atom stereocenters. The van der Waals surface area contributed by atoms with E-state index < -0.39 is 0 Å². The van der Waals surface area contributed by atoms with Crippen molar-refractivity contribution in [1.29, 1.82) is 0 Å². The van der Waals surface area contributed by atoms with Gasteiger partial charge in [-0.25, -0.2) is 4.98 Å². The first-order valence-corrected chi connectivity index (χ1v) is 12.7. The maximum Gasteiger partial charge on any atom is 0.255 e. The third-order valence-corrected chi connectivity index (χ3v) is 6.43. The molecule has 0 saturated carbocycles. The number of hydrogen-bond donors (Lipinski definition) is 1. The summed E-state index contributed by atoms with van der Waals surface area (Å²) >= 11 is 0. The van der Waals surface area contributed by atoms with Crippen LogP contribution >= 0.6 is 0 Å². The summed E-state index contributed by atoms with van der Waals surface area (Å²) in [5.74, 6) is 1.41. The number of aryl methyl sites for hydroxylation is 1. The van der Waals surface area contributed by atoms with Crippen molar-refractivity contribution >= 4 is 22.8 Å². The summed E-state index contributed by atoms with van der Waals surface area (Å²) < 4.78 is 7.32. The fourth-order valence-corrected chi connectivity index (χ4v) is 4.41. The quantitative estimate of drug-likeness (QED) is 0.284. The van der Waals surface area contributed by atoms with Gasteiger partial charge >= 0.3 is 0 Å². The summed E-state index contributed by atoms with van der Waals surface area (Å²) in [5, 5.41) is 2.97. The van der Waals surface area contributed by atoms with Gasteiger partial charge in [0, 0.05) is 26.6 Å². The van der Waals surface area contributed by atoms with E-state index in [1.165, 1.54) is 0 Å². The summed E-state index contributed by atoms with van der Waals surface area (Å²) in [7, 11) is 3.40. The van der Waals surface area contributed by atoms with Crippen LogP contribution in [0.1, 0.15) is 41.0 Å². The third kappa shape index (κ3) is 6.76. The Morgan fingerprint density at radius 1 is 0.919 bits per heavy atom. The molecule has 37 heavy (non-hydrogen) atoms. The summed E-state index contributed by atoms with van der Waals surface area (Å²) in [6.07, 6.45) is 3.49. The van der Waals surface area contributed by atoms with Crippen LogP contribution in [-0.4, -0.2) is 47.0 Å². The van der Waals surface area contributed by atoms with E-state index in [2.05, 4.69) is 5.32 Å². The number of fused-ring (bicyclic) bond motifs is 1. The standard InChI is InChI=1S/C30H34N4O3/c1-33(21-23-13-5-3-6-14-23)29(35)22-34-26-17-10-9-16-25(26)32-28(34)19-7-4-12-20-31-30(36)24-15-8-11-18-27(24)37-2/h3,5-6,8-11,13-18H,4,7,12,19-22H2,1-2H3,(H,31,36). The first kappa shape index (κ1) is 25.9. The average Bonchev–Trinajstić information content (AvgIpc) is 3.27. The van der Waals surface area contributed by atoms with E-state index in [4.69, 9.17) is 9.72 Å². The van der Waals surface area contributed by atoms with Gasteiger partial charge in [0.15, 0.2) is 0 Å². The number of amides is 2. The van der Waals surface area contributed by atoms with Crippen molar-refractivity contribution in [2.45, 2.75) is 38.8 Å². The lowest BCUT2D eigenvalue weighted by molar-refractivity contribution is -0.131. The van der Waals surface area contributed by atoms with Crippen molar-refractivity contribution in [3.63, 3.8) is 0 Å². The van der Waals surface area contributed by atoms with Gasteiger partial charge in [-0.15, -0.1) is 0 Å². The van der Waals surface area contributed by atoms with Gasteiger partial charge in [-0.3, -0.25) is 9.59 Å². The van der Waals surface area contributed by atoms with E-state index >= 15 is 0 Å². The molecule has 0 aliphatic carbocycles. The molecule has 0 bridgehead atoms. The Hall–Kier alpha value is -4.13. The molecule has 0 fully saturated rings. The fraction of sp³-hybridized carbons (Fsp3) is 0.300. The fourth-order valence-electron chi connectivity index (χ4n) is 4.41. The van der Waals surface area contributed by atoms with Gasteiger partial charge in [0.2, 0.25) is 5.91 Å². The summed E-state index contributed by atoms with van der Waals surface area (Å²) in [6, 6.07) is 25.2. The van der Waals surface area contributed by atoms with Crippen LogP contribution < -0.4 is 10.1 Å². The molecule has 0 aliphatic rings. The highest BCUT2D eigenvalue weighted by Gasteiger charge is 2.16. The molecular weight excluding hydrogens is 464 g/mol. The number of imidazole rings is 1. The molecule has 0 radical (unpaired) electrons. The second-order valence-corrected chi connectivity index (χ2v) is 9.11. The second kappa shape index (κ2) is 12.7. The Balaban J connectivity index is 1.31. The molecule has 1 N–H and O–H groups in total. The van der Waals surface area contributed by atoms with E-state index in [1.54, 1.807) is 24.1 Å². The number of aromatic nitrogens is 2.